The molecule has 0 bridgehead atoms. The Bertz CT molecular complexity index is 262. The maximum atomic E-state index is 12.3. The quantitative estimate of drug-likeness (QED) is 0.498. The first-order valence-electron chi connectivity index (χ1n) is 6.35. The molecule has 1 rings (SSSR count). The minimum Gasteiger partial charge on any atom is -0.365 e. The van der Waals surface area contributed by atoms with Crippen LogP contribution in [0.2, 0.25) is 0 Å². The zero-order valence-corrected chi connectivity index (χ0v) is 13.4. The predicted molar refractivity (Wildman–Crippen MR) is 75.0 cm³/mol. The zero-order chi connectivity index (χ0) is 14.0. The van der Waals surface area contributed by atoms with Crippen molar-refractivity contribution in [2.24, 2.45) is 11.3 Å². The van der Waals surface area contributed by atoms with E-state index in [1.165, 1.54) is 0 Å². The van der Waals surface area contributed by atoms with Gasteiger partial charge in [0.2, 0.25) is 0 Å². The van der Waals surface area contributed by atoms with E-state index in [4.69, 9.17) is 4.74 Å². The molecule has 0 N–H and O–H groups in total. The molecule has 1 saturated carbocycles. The first kappa shape index (κ1) is 16.5. The average molecular weight is 378 g/mol. The fraction of sp³-hybridized carbons (Fsp3) is 1.00. The Hall–Kier alpha value is 0.480. The molecule has 0 saturated heterocycles. The molecular formula is C13H22F3IO. The summed E-state index contributed by atoms with van der Waals surface area (Å²) in [4.78, 5) is 0. The minimum atomic E-state index is -4.22. The fourth-order valence-electron chi connectivity index (χ4n) is 2.56. The third-order valence-electron chi connectivity index (χ3n) is 3.91. The number of hydrogen-bond donors (Lipinski definition) is 0. The second-order valence-electron chi connectivity index (χ2n) is 6.36. The Kier molecular flexibility index (Phi) is 5.38. The lowest BCUT2D eigenvalue weighted by Crippen LogP contribution is -2.43. The van der Waals surface area contributed by atoms with E-state index >= 15 is 0 Å². The number of rotatable bonds is 3. The SMILES string of the molecule is CC(C)(C)C1CCC(CI)(OCC(F)(F)F)CC1. The molecule has 0 radical (unpaired) electrons. The van der Waals surface area contributed by atoms with Crippen LogP contribution < -0.4 is 0 Å². The van der Waals surface area contributed by atoms with Gasteiger partial charge in [0, 0.05) is 4.43 Å². The van der Waals surface area contributed by atoms with Crippen molar-refractivity contribution >= 4 is 22.6 Å². The van der Waals surface area contributed by atoms with Crippen LogP contribution in [0.15, 0.2) is 0 Å². The van der Waals surface area contributed by atoms with Gasteiger partial charge in [0.15, 0.2) is 0 Å². The van der Waals surface area contributed by atoms with E-state index in [9.17, 15) is 13.2 Å². The van der Waals surface area contributed by atoms with Gasteiger partial charge < -0.3 is 4.74 Å². The third-order valence-corrected chi connectivity index (χ3v) is 5.30. The number of alkyl halides is 4. The van der Waals surface area contributed by atoms with Crippen molar-refractivity contribution < 1.29 is 17.9 Å². The smallest absolute Gasteiger partial charge is 0.365 e. The highest BCUT2D eigenvalue weighted by molar-refractivity contribution is 14.1. The van der Waals surface area contributed by atoms with Crippen molar-refractivity contribution in [3.8, 4) is 0 Å². The molecule has 0 aromatic carbocycles. The first-order valence-corrected chi connectivity index (χ1v) is 7.87. The molecule has 0 aromatic rings. The van der Waals surface area contributed by atoms with Crippen molar-refractivity contribution in [2.45, 2.75) is 58.2 Å². The largest absolute Gasteiger partial charge is 0.411 e. The van der Waals surface area contributed by atoms with Crippen LogP contribution in [0, 0.1) is 11.3 Å². The molecule has 0 amide bonds. The van der Waals surface area contributed by atoms with Gasteiger partial charge in [-0.15, -0.1) is 0 Å². The van der Waals surface area contributed by atoms with Gasteiger partial charge in [-0.1, -0.05) is 43.4 Å². The van der Waals surface area contributed by atoms with Gasteiger partial charge >= 0.3 is 6.18 Å². The van der Waals surface area contributed by atoms with Crippen LogP contribution in [0.4, 0.5) is 13.2 Å². The first-order chi connectivity index (χ1) is 8.08. The maximum absolute atomic E-state index is 12.3. The highest BCUT2D eigenvalue weighted by Gasteiger charge is 2.41. The van der Waals surface area contributed by atoms with Crippen molar-refractivity contribution in [1.82, 2.24) is 0 Å². The monoisotopic (exact) mass is 378 g/mol. The van der Waals surface area contributed by atoms with Gasteiger partial charge in [-0.2, -0.15) is 13.2 Å². The summed E-state index contributed by atoms with van der Waals surface area (Å²) in [6.45, 7) is 5.48. The van der Waals surface area contributed by atoms with Gasteiger partial charge in [0.25, 0.3) is 0 Å². The van der Waals surface area contributed by atoms with Crippen LogP contribution in [0.3, 0.4) is 0 Å². The molecule has 0 unspecified atom stereocenters. The van der Waals surface area contributed by atoms with Gasteiger partial charge in [-0.3, -0.25) is 0 Å². The van der Waals surface area contributed by atoms with Crippen LogP contribution >= 0.6 is 22.6 Å². The van der Waals surface area contributed by atoms with Crippen LogP contribution in [0.1, 0.15) is 46.5 Å². The highest BCUT2D eigenvalue weighted by Crippen LogP contribution is 2.44. The van der Waals surface area contributed by atoms with Crippen LogP contribution in [-0.4, -0.2) is 22.8 Å². The van der Waals surface area contributed by atoms with Gasteiger partial charge in [-0.25, -0.2) is 0 Å². The molecule has 0 atom stereocenters. The second kappa shape index (κ2) is 5.85. The van der Waals surface area contributed by atoms with E-state index in [1.807, 2.05) is 0 Å². The lowest BCUT2D eigenvalue weighted by molar-refractivity contribution is -0.208. The molecule has 0 aliphatic heterocycles. The molecule has 0 heterocycles. The van der Waals surface area contributed by atoms with E-state index in [0.29, 0.717) is 10.3 Å². The third kappa shape index (κ3) is 4.87. The molecule has 1 aliphatic rings. The van der Waals surface area contributed by atoms with Crippen LogP contribution in [0.5, 0.6) is 0 Å². The van der Waals surface area contributed by atoms with Crippen molar-refractivity contribution in [3.05, 3.63) is 0 Å². The lowest BCUT2D eigenvalue weighted by atomic mass is 9.69. The van der Waals surface area contributed by atoms with E-state index < -0.39 is 18.4 Å². The molecular weight excluding hydrogens is 356 g/mol. The zero-order valence-electron chi connectivity index (χ0n) is 11.2. The number of ether oxygens (including phenoxy) is 1. The highest BCUT2D eigenvalue weighted by atomic mass is 127. The molecule has 1 aliphatic carbocycles. The Morgan fingerprint density at radius 2 is 1.67 bits per heavy atom. The van der Waals surface area contributed by atoms with Gasteiger partial charge in [0.05, 0.1) is 5.60 Å². The topological polar surface area (TPSA) is 9.23 Å². The van der Waals surface area contributed by atoms with E-state index in [0.717, 1.165) is 25.7 Å². The average Bonchev–Trinajstić information content (AvgIpc) is 2.25. The van der Waals surface area contributed by atoms with Gasteiger partial charge in [0.1, 0.15) is 6.61 Å². The number of halogens is 4. The summed E-state index contributed by atoms with van der Waals surface area (Å²) in [6, 6.07) is 0. The second-order valence-corrected chi connectivity index (χ2v) is 7.12. The molecule has 108 valence electrons. The van der Waals surface area contributed by atoms with E-state index in [2.05, 4.69) is 43.4 Å². The minimum absolute atomic E-state index is 0.238. The Labute approximate surface area is 121 Å². The Morgan fingerprint density at radius 1 is 1.17 bits per heavy atom. The van der Waals surface area contributed by atoms with Crippen molar-refractivity contribution in [2.75, 3.05) is 11.0 Å². The van der Waals surface area contributed by atoms with E-state index in [-0.39, 0.29) is 5.41 Å². The summed E-state index contributed by atoms with van der Waals surface area (Å²) in [5.41, 5.74) is -0.320. The summed E-state index contributed by atoms with van der Waals surface area (Å²) >= 11 is 2.15. The molecule has 0 aromatic heterocycles. The Morgan fingerprint density at radius 3 is 2.00 bits per heavy atom. The molecule has 1 fully saturated rings. The van der Waals surface area contributed by atoms with E-state index in [1.54, 1.807) is 0 Å². The standard InChI is InChI=1S/C13H22F3IO/c1-11(2,3)10-4-6-12(8-17,7-5-10)18-9-13(14,15)16/h10H,4-9H2,1-3H3. The Balaban J connectivity index is 2.55. The molecule has 0 spiro atoms. The van der Waals surface area contributed by atoms with Crippen molar-refractivity contribution in [3.63, 3.8) is 0 Å². The molecule has 5 heteroatoms. The summed E-state index contributed by atoms with van der Waals surface area (Å²) in [7, 11) is 0. The normalized spacial score (nSPS) is 30.5. The molecule has 1 nitrogen and oxygen atoms in total. The molecule has 18 heavy (non-hydrogen) atoms. The maximum Gasteiger partial charge on any atom is 0.411 e. The van der Waals surface area contributed by atoms with Crippen LogP contribution in [-0.2, 0) is 4.74 Å². The summed E-state index contributed by atoms with van der Waals surface area (Å²) in [5.74, 6) is 0.586. The summed E-state index contributed by atoms with van der Waals surface area (Å²) < 4.78 is 42.6. The predicted octanol–water partition coefficient (Wildman–Crippen LogP) is 4.98. The number of hydrogen-bond acceptors (Lipinski definition) is 1. The van der Waals surface area contributed by atoms with Crippen molar-refractivity contribution in [1.29, 1.82) is 0 Å². The lowest BCUT2D eigenvalue weighted by Gasteiger charge is -2.43. The fourth-order valence-corrected chi connectivity index (χ4v) is 3.54. The van der Waals surface area contributed by atoms with Crippen LogP contribution in [0.25, 0.3) is 0 Å². The summed E-state index contributed by atoms with van der Waals surface area (Å²) in [5, 5.41) is 0. The summed E-state index contributed by atoms with van der Waals surface area (Å²) in [6.07, 6.45) is -0.809. The van der Waals surface area contributed by atoms with Gasteiger partial charge in [-0.05, 0) is 37.0 Å².